The zero-order chi connectivity index (χ0) is 25.9. The van der Waals surface area contributed by atoms with Crippen LogP contribution in [0.15, 0.2) is 30.3 Å². The number of amides is 1. The number of alkyl carbamates (subject to hydrolysis) is 1. The van der Waals surface area contributed by atoms with Crippen LogP contribution in [0.2, 0.25) is 0 Å². The molecule has 2 fully saturated rings. The molecule has 0 aromatic heterocycles. The van der Waals surface area contributed by atoms with Gasteiger partial charge in [0.2, 0.25) is 0 Å². The first kappa shape index (κ1) is 27.3. The normalized spacial score (nSPS) is 20.7. The minimum atomic E-state index is -0.826. The first-order chi connectivity index (χ1) is 16.3. The third-order valence-corrected chi connectivity index (χ3v) is 6.68. The van der Waals surface area contributed by atoms with Crippen LogP contribution in [0, 0.1) is 0 Å². The Hall–Kier alpha value is -2.32. The van der Waals surface area contributed by atoms with Crippen LogP contribution in [0.25, 0.3) is 6.08 Å². The van der Waals surface area contributed by atoms with Crippen molar-refractivity contribution in [1.82, 2.24) is 5.32 Å². The van der Waals surface area contributed by atoms with Gasteiger partial charge in [0, 0.05) is 0 Å². The van der Waals surface area contributed by atoms with Gasteiger partial charge in [-0.05, 0) is 91.6 Å². The lowest BCUT2D eigenvalue weighted by Gasteiger charge is -2.32. The Morgan fingerprint density at radius 1 is 1.14 bits per heavy atom. The predicted octanol–water partition coefficient (Wildman–Crippen LogP) is 4.77. The predicted molar refractivity (Wildman–Crippen MR) is 137 cm³/mol. The quantitative estimate of drug-likeness (QED) is 0.443. The summed E-state index contributed by atoms with van der Waals surface area (Å²) < 4.78 is 23.3. The Bertz CT molecular complexity index is 914. The van der Waals surface area contributed by atoms with E-state index in [0.717, 1.165) is 36.7 Å². The summed E-state index contributed by atoms with van der Waals surface area (Å²) in [7, 11) is -0.448. The summed E-state index contributed by atoms with van der Waals surface area (Å²) in [6, 6.07) is 7.08. The van der Waals surface area contributed by atoms with Crippen molar-refractivity contribution in [1.29, 1.82) is 0 Å². The van der Waals surface area contributed by atoms with E-state index in [-0.39, 0.29) is 12.5 Å². The lowest BCUT2D eigenvalue weighted by atomic mass is 9.78. The summed E-state index contributed by atoms with van der Waals surface area (Å²) in [4.78, 5) is 25.2. The van der Waals surface area contributed by atoms with E-state index in [2.05, 4.69) is 5.32 Å². The molecular weight excluding hydrogens is 445 g/mol. The fourth-order valence-electron chi connectivity index (χ4n) is 4.05. The van der Waals surface area contributed by atoms with Crippen molar-refractivity contribution in [3.63, 3.8) is 0 Å². The van der Waals surface area contributed by atoms with Crippen LogP contribution in [0.4, 0.5) is 4.79 Å². The molecule has 1 aromatic carbocycles. The SMILES string of the molecule is CC(C)(C)OC(=O)N[C@@H](CC=Cc1cccc(B2OC(C)(C)C(C)(C)O2)c1)C(=O)OC1CCCC1. The molecule has 0 unspecified atom stereocenters. The number of benzene rings is 1. The van der Waals surface area contributed by atoms with Gasteiger partial charge in [-0.15, -0.1) is 0 Å². The molecule has 1 atom stereocenters. The fraction of sp³-hybridized carbons (Fsp3) is 0.630. The van der Waals surface area contributed by atoms with Crippen molar-refractivity contribution < 1.29 is 28.4 Å². The van der Waals surface area contributed by atoms with E-state index in [1.54, 1.807) is 20.8 Å². The van der Waals surface area contributed by atoms with Crippen molar-refractivity contribution >= 4 is 30.7 Å². The van der Waals surface area contributed by atoms with Crippen LogP contribution >= 0.6 is 0 Å². The molecule has 0 bridgehead atoms. The molecule has 1 amide bonds. The topological polar surface area (TPSA) is 83.1 Å². The van der Waals surface area contributed by atoms with Gasteiger partial charge >= 0.3 is 19.2 Å². The van der Waals surface area contributed by atoms with E-state index < -0.39 is 42.0 Å². The number of rotatable bonds is 7. The van der Waals surface area contributed by atoms with E-state index in [9.17, 15) is 9.59 Å². The molecule has 0 radical (unpaired) electrons. The number of hydrogen-bond donors (Lipinski definition) is 1. The largest absolute Gasteiger partial charge is 0.494 e. The van der Waals surface area contributed by atoms with Gasteiger partial charge in [-0.1, -0.05) is 36.4 Å². The summed E-state index contributed by atoms with van der Waals surface area (Å²) in [5, 5.41) is 2.68. The Morgan fingerprint density at radius 3 is 2.37 bits per heavy atom. The van der Waals surface area contributed by atoms with E-state index >= 15 is 0 Å². The molecule has 1 aromatic rings. The number of carbonyl (C=O) groups is 2. The highest BCUT2D eigenvalue weighted by Gasteiger charge is 2.51. The van der Waals surface area contributed by atoms with Gasteiger partial charge in [0.15, 0.2) is 0 Å². The van der Waals surface area contributed by atoms with Crippen LogP contribution in [0.1, 0.15) is 86.1 Å². The van der Waals surface area contributed by atoms with Crippen molar-refractivity contribution in [3.8, 4) is 0 Å². The van der Waals surface area contributed by atoms with Crippen LogP contribution in [-0.4, -0.2) is 48.1 Å². The molecule has 1 heterocycles. The number of nitrogens with one attached hydrogen (secondary N) is 1. The lowest BCUT2D eigenvalue weighted by molar-refractivity contribution is -0.151. The zero-order valence-electron chi connectivity index (χ0n) is 22.2. The lowest BCUT2D eigenvalue weighted by Crippen LogP contribution is -2.44. The highest BCUT2D eigenvalue weighted by atomic mass is 16.7. The third kappa shape index (κ3) is 7.58. The Labute approximate surface area is 210 Å². The van der Waals surface area contributed by atoms with Gasteiger partial charge in [-0.3, -0.25) is 0 Å². The third-order valence-electron chi connectivity index (χ3n) is 6.68. The van der Waals surface area contributed by atoms with Crippen LogP contribution in [0.3, 0.4) is 0 Å². The zero-order valence-corrected chi connectivity index (χ0v) is 22.2. The maximum atomic E-state index is 12.8. The second-order valence-corrected chi connectivity index (χ2v) is 11.4. The maximum Gasteiger partial charge on any atom is 0.494 e. The molecule has 35 heavy (non-hydrogen) atoms. The van der Waals surface area contributed by atoms with Gasteiger partial charge in [-0.25, -0.2) is 9.59 Å². The first-order valence-electron chi connectivity index (χ1n) is 12.6. The van der Waals surface area contributed by atoms with Gasteiger partial charge in [0.05, 0.1) is 11.2 Å². The smallest absolute Gasteiger partial charge is 0.461 e. The van der Waals surface area contributed by atoms with Gasteiger partial charge in [0.1, 0.15) is 17.7 Å². The number of hydrogen-bond acceptors (Lipinski definition) is 6. The minimum Gasteiger partial charge on any atom is -0.461 e. The summed E-state index contributed by atoms with van der Waals surface area (Å²) in [6.07, 6.45) is 7.20. The van der Waals surface area contributed by atoms with E-state index in [1.165, 1.54) is 0 Å². The molecular formula is C27H40BNO6. The van der Waals surface area contributed by atoms with E-state index in [4.69, 9.17) is 18.8 Å². The van der Waals surface area contributed by atoms with Crippen LogP contribution in [-0.2, 0) is 23.6 Å². The van der Waals surface area contributed by atoms with Gasteiger partial charge in [-0.2, -0.15) is 0 Å². The Balaban J connectivity index is 1.67. The van der Waals surface area contributed by atoms with Gasteiger partial charge in [0.25, 0.3) is 0 Å². The Kier molecular flexibility index (Phi) is 8.38. The highest BCUT2D eigenvalue weighted by Crippen LogP contribution is 2.36. The Morgan fingerprint density at radius 2 is 1.77 bits per heavy atom. The monoisotopic (exact) mass is 485 g/mol. The van der Waals surface area contributed by atoms with Crippen molar-refractivity contribution in [3.05, 3.63) is 35.9 Å². The fourth-order valence-corrected chi connectivity index (χ4v) is 4.05. The standard InChI is InChI=1S/C27H40BNO6/c1-25(2,3)33-24(31)29-22(23(30)32-21-15-8-9-16-21)17-11-13-19-12-10-14-20(18-19)28-34-26(4,5)27(6,7)35-28/h10-14,18,21-22H,8-9,15-17H2,1-7H3,(H,29,31)/t22-/m0/s1. The molecule has 1 aliphatic carbocycles. The molecule has 1 saturated carbocycles. The van der Waals surface area contributed by atoms with Crippen molar-refractivity contribution in [2.24, 2.45) is 0 Å². The second kappa shape index (κ2) is 10.7. The highest BCUT2D eigenvalue weighted by molar-refractivity contribution is 6.62. The molecule has 1 saturated heterocycles. The number of esters is 1. The molecule has 192 valence electrons. The summed E-state index contributed by atoms with van der Waals surface area (Å²) >= 11 is 0. The van der Waals surface area contributed by atoms with Crippen LogP contribution in [0.5, 0.6) is 0 Å². The average Bonchev–Trinajstić information content (AvgIpc) is 3.31. The van der Waals surface area contributed by atoms with Crippen LogP contribution < -0.4 is 10.8 Å². The molecule has 1 N–H and O–H groups in total. The van der Waals surface area contributed by atoms with Gasteiger partial charge < -0.3 is 24.1 Å². The van der Waals surface area contributed by atoms with Crippen molar-refractivity contribution in [2.75, 3.05) is 0 Å². The summed E-state index contributed by atoms with van der Waals surface area (Å²) in [6.45, 7) is 13.5. The number of ether oxygens (including phenoxy) is 2. The van der Waals surface area contributed by atoms with Crippen molar-refractivity contribution in [2.45, 2.75) is 110 Å². The molecule has 1 aliphatic heterocycles. The average molecular weight is 485 g/mol. The van der Waals surface area contributed by atoms with E-state index in [1.807, 2.05) is 64.1 Å². The first-order valence-corrected chi connectivity index (χ1v) is 12.6. The molecule has 7 nitrogen and oxygen atoms in total. The summed E-state index contributed by atoms with van der Waals surface area (Å²) in [5.74, 6) is -0.432. The molecule has 2 aliphatic rings. The summed E-state index contributed by atoms with van der Waals surface area (Å²) in [5.41, 5.74) is 0.383. The maximum absolute atomic E-state index is 12.8. The number of carbonyl (C=O) groups excluding carboxylic acids is 2. The second-order valence-electron chi connectivity index (χ2n) is 11.4. The molecule has 8 heteroatoms. The molecule has 0 spiro atoms. The minimum absolute atomic E-state index is 0.0778. The van der Waals surface area contributed by atoms with E-state index in [0.29, 0.717) is 0 Å². The molecule has 3 rings (SSSR count).